The molecule has 14 heavy (non-hydrogen) atoms. The zero-order valence-corrected chi connectivity index (χ0v) is 11.1. The summed E-state index contributed by atoms with van der Waals surface area (Å²) in [5.41, 5.74) is 0. The van der Waals surface area contributed by atoms with Crippen molar-refractivity contribution >= 4 is 0 Å². The number of hydrogen-bond acceptors (Lipinski definition) is 2. The zero-order valence-electron chi connectivity index (χ0n) is 11.1. The molecule has 0 radical (unpaired) electrons. The second-order valence-corrected chi connectivity index (χ2v) is 2.73. The van der Waals surface area contributed by atoms with Crippen molar-refractivity contribution in [2.24, 2.45) is 0 Å². The third kappa shape index (κ3) is 22.7. The van der Waals surface area contributed by atoms with Crippen LogP contribution in [0.25, 0.3) is 0 Å². The summed E-state index contributed by atoms with van der Waals surface area (Å²) in [7, 11) is 2.10. The summed E-state index contributed by atoms with van der Waals surface area (Å²) in [5.74, 6) is 0. The van der Waals surface area contributed by atoms with Crippen LogP contribution in [-0.2, 0) is 0 Å². The number of nitrogens with zero attached hydrogens (tertiary/aromatic N) is 1. The average molecular weight is 205 g/mol. The van der Waals surface area contributed by atoms with Crippen LogP contribution in [0.3, 0.4) is 0 Å². The maximum absolute atomic E-state index is 8.51. The van der Waals surface area contributed by atoms with E-state index in [-0.39, 0.29) is 0 Å². The SMILES string of the molecule is CC.CC.CCCCN(C)CCCO. The fraction of sp³-hybridized carbons (Fsp3) is 1.00. The standard InChI is InChI=1S/C8H19NO.2C2H6/c1-3-4-6-9(2)7-5-8-10;2*1-2/h10H,3-8H2,1-2H3;2*1-2H3. The van der Waals surface area contributed by atoms with Gasteiger partial charge < -0.3 is 10.0 Å². The van der Waals surface area contributed by atoms with Crippen molar-refractivity contribution in [3.63, 3.8) is 0 Å². The van der Waals surface area contributed by atoms with Gasteiger partial charge in [0.05, 0.1) is 0 Å². The molecule has 0 aromatic rings. The van der Waals surface area contributed by atoms with Gasteiger partial charge >= 0.3 is 0 Å². The predicted molar refractivity (Wildman–Crippen MR) is 66.8 cm³/mol. The van der Waals surface area contributed by atoms with E-state index in [1.165, 1.54) is 12.8 Å². The van der Waals surface area contributed by atoms with Crippen molar-refractivity contribution in [2.75, 3.05) is 26.7 Å². The Morgan fingerprint density at radius 3 is 1.71 bits per heavy atom. The molecule has 0 unspecified atom stereocenters. The molecule has 0 rings (SSSR count). The lowest BCUT2D eigenvalue weighted by Crippen LogP contribution is -2.21. The number of hydrogen-bond donors (Lipinski definition) is 1. The first-order chi connectivity index (χ1) is 6.81. The van der Waals surface area contributed by atoms with Crippen LogP contribution in [0.4, 0.5) is 0 Å². The molecule has 0 saturated carbocycles. The molecule has 0 spiro atoms. The minimum Gasteiger partial charge on any atom is -0.396 e. The predicted octanol–water partition coefficient (Wildman–Crippen LogP) is 3.15. The van der Waals surface area contributed by atoms with Crippen LogP contribution < -0.4 is 0 Å². The summed E-state index contributed by atoms with van der Waals surface area (Å²) in [4.78, 5) is 2.26. The van der Waals surface area contributed by atoms with Crippen molar-refractivity contribution in [3.8, 4) is 0 Å². The Hall–Kier alpha value is -0.0800. The van der Waals surface area contributed by atoms with E-state index < -0.39 is 0 Å². The van der Waals surface area contributed by atoms with Crippen molar-refractivity contribution in [1.82, 2.24) is 4.90 Å². The van der Waals surface area contributed by atoms with Crippen molar-refractivity contribution < 1.29 is 5.11 Å². The molecule has 0 aromatic heterocycles. The van der Waals surface area contributed by atoms with Crippen LogP contribution >= 0.6 is 0 Å². The zero-order chi connectivity index (χ0) is 11.8. The Bertz CT molecular complexity index is 59.3. The van der Waals surface area contributed by atoms with Gasteiger partial charge in [0.15, 0.2) is 0 Å². The molecule has 0 aliphatic heterocycles. The summed E-state index contributed by atoms with van der Waals surface area (Å²) in [5, 5.41) is 8.51. The monoisotopic (exact) mass is 205 g/mol. The largest absolute Gasteiger partial charge is 0.396 e. The molecule has 0 amide bonds. The quantitative estimate of drug-likeness (QED) is 0.720. The molecule has 0 aliphatic rings. The van der Waals surface area contributed by atoms with Gasteiger partial charge in [0.2, 0.25) is 0 Å². The summed E-state index contributed by atoms with van der Waals surface area (Å²) >= 11 is 0. The Balaban J connectivity index is -0.000000266. The van der Waals surface area contributed by atoms with Gasteiger partial charge in [-0.2, -0.15) is 0 Å². The summed E-state index contributed by atoms with van der Waals surface area (Å²) in [6, 6.07) is 0. The van der Waals surface area contributed by atoms with Crippen LogP contribution in [0.5, 0.6) is 0 Å². The fourth-order valence-corrected chi connectivity index (χ4v) is 0.880. The average Bonchev–Trinajstić information content (AvgIpc) is 2.29. The Labute approximate surface area is 91.3 Å². The van der Waals surface area contributed by atoms with Gasteiger partial charge in [0, 0.05) is 13.2 Å². The van der Waals surface area contributed by atoms with Gasteiger partial charge in [0.1, 0.15) is 0 Å². The van der Waals surface area contributed by atoms with Gasteiger partial charge in [-0.25, -0.2) is 0 Å². The molecular weight excluding hydrogens is 174 g/mol. The van der Waals surface area contributed by atoms with Crippen molar-refractivity contribution in [2.45, 2.75) is 53.9 Å². The summed E-state index contributed by atoms with van der Waals surface area (Å²) < 4.78 is 0. The normalized spacial score (nSPS) is 8.57. The molecule has 0 saturated heterocycles. The van der Waals surface area contributed by atoms with Crippen LogP contribution in [0.1, 0.15) is 53.9 Å². The maximum atomic E-state index is 8.51. The minimum atomic E-state index is 0.316. The Morgan fingerprint density at radius 2 is 1.36 bits per heavy atom. The van der Waals surface area contributed by atoms with Crippen LogP contribution in [-0.4, -0.2) is 36.8 Å². The van der Waals surface area contributed by atoms with E-state index in [0.29, 0.717) is 6.61 Å². The number of unbranched alkanes of at least 4 members (excludes halogenated alkanes) is 1. The second-order valence-electron chi connectivity index (χ2n) is 2.73. The van der Waals surface area contributed by atoms with E-state index in [4.69, 9.17) is 5.11 Å². The van der Waals surface area contributed by atoms with E-state index in [0.717, 1.165) is 19.5 Å². The smallest absolute Gasteiger partial charge is 0.0443 e. The highest BCUT2D eigenvalue weighted by molar-refractivity contribution is 4.49. The molecule has 0 heterocycles. The molecule has 0 aliphatic carbocycles. The van der Waals surface area contributed by atoms with E-state index in [1.807, 2.05) is 27.7 Å². The third-order valence-corrected chi connectivity index (χ3v) is 1.59. The first-order valence-corrected chi connectivity index (χ1v) is 6.10. The fourth-order valence-electron chi connectivity index (χ4n) is 0.880. The molecule has 2 heteroatoms. The molecule has 0 atom stereocenters. The molecule has 1 N–H and O–H groups in total. The molecule has 2 nitrogen and oxygen atoms in total. The van der Waals surface area contributed by atoms with Gasteiger partial charge in [-0.05, 0) is 26.4 Å². The minimum absolute atomic E-state index is 0.316. The van der Waals surface area contributed by atoms with Gasteiger partial charge in [-0.3, -0.25) is 0 Å². The van der Waals surface area contributed by atoms with E-state index in [1.54, 1.807) is 0 Å². The number of rotatable bonds is 6. The van der Waals surface area contributed by atoms with Crippen LogP contribution in [0, 0.1) is 0 Å². The van der Waals surface area contributed by atoms with Crippen molar-refractivity contribution in [1.29, 1.82) is 0 Å². The number of aliphatic hydroxyl groups excluding tert-OH is 1. The summed E-state index contributed by atoms with van der Waals surface area (Å²) in [6.07, 6.45) is 3.42. The first kappa shape index (κ1) is 19.5. The molecule has 90 valence electrons. The third-order valence-electron chi connectivity index (χ3n) is 1.59. The molecule has 0 bridgehead atoms. The lowest BCUT2D eigenvalue weighted by atomic mass is 10.3. The van der Waals surface area contributed by atoms with E-state index in [2.05, 4.69) is 18.9 Å². The van der Waals surface area contributed by atoms with E-state index >= 15 is 0 Å². The molecular formula is C12H31NO. The maximum Gasteiger partial charge on any atom is 0.0443 e. The Morgan fingerprint density at radius 1 is 0.929 bits per heavy atom. The van der Waals surface area contributed by atoms with Gasteiger partial charge in [-0.15, -0.1) is 0 Å². The van der Waals surface area contributed by atoms with Crippen LogP contribution in [0.2, 0.25) is 0 Å². The highest BCUT2D eigenvalue weighted by Gasteiger charge is 1.94. The lowest BCUT2D eigenvalue weighted by molar-refractivity contribution is 0.246. The topological polar surface area (TPSA) is 23.5 Å². The van der Waals surface area contributed by atoms with Gasteiger partial charge in [0.25, 0.3) is 0 Å². The first-order valence-electron chi connectivity index (χ1n) is 6.10. The summed E-state index contributed by atoms with van der Waals surface area (Å²) in [6.45, 7) is 12.7. The highest BCUT2D eigenvalue weighted by atomic mass is 16.3. The van der Waals surface area contributed by atoms with Crippen LogP contribution in [0.15, 0.2) is 0 Å². The van der Waals surface area contributed by atoms with Crippen molar-refractivity contribution in [3.05, 3.63) is 0 Å². The van der Waals surface area contributed by atoms with Gasteiger partial charge in [-0.1, -0.05) is 41.0 Å². The molecule has 0 aromatic carbocycles. The lowest BCUT2D eigenvalue weighted by Gasteiger charge is -2.14. The number of aliphatic hydroxyl groups is 1. The van der Waals surface area contributed by atoms with E-state index in [9.17, 15) is 0 Å². The Kier molecular flexibility index (Phi) is 32.1. The highest BCUT2D eigenvalue weighted by Crippen LogP contribution is 1.92. The molecule has 0 fully saturated rings. The second kappa shape index (κ2) is 23.1.